The van der Waals surface area contributed by atoms with Gasteiger partial charge in [0.1, 0.15) is 0 Å². The highest BCUT2D eigenvalue weighted by molar-refractivity contribution is 7.85. The molecule has 0 atom stereocenters. The minimum atomic E-state index is -4.17. The summed E-state index contributed by atoms with van der Waals surface area (Å²) in [5.41, 5.74) is 1.63. The Labute approximate surface area is 107 Å². The van der Waals surface area contributed by atoms with Crippen molar-refractivity contribution in [2.24, 2.45) is 0 Å². The van der Waals surface area contributed by atoms with Gasteiger partial charge in [-0.2, -0.15) is 8.42 Å². The van der Waals surface area contributed by atoms with Gasteiger partial charge in [0.15, 0.2) is 0 Å². The van der Waals surface area contributed by atoms with Crippen LogP contribution in [0.3, 0.4) is 0 Å². The number of hydrogen-bond donors (Lipinski definition) is 1. The molecule has 1 N–H and O–H groups in total. The molecule has 4 heteroatoms. The van der Waals surface area contributed by atoms with Crippen LogP contribution in [0.15, 0.2) is 35.2 Å². The molecule has 0 spiro atoms. The molecular weight excluding hydrogens is 248 g/mol. The summed E-state index contributed by atoms with van der Waals surface area (Å²) in [6.45, 7) is 3.86. The summed E-state index contributed by atoms with van der Waals surface area (Å²) < 4.78 is 32.3. The molecule has 0 saturated carbocycles. The van der Waals surface area contributed by atoms with E-state index in [1.54, 1.807) is 6.07 Å². The lowest BCUT2D eigenvalue weighted by molar-refractivity contribution is 0.482. The molecule has 0 bridgehead atoms. The largest absolute Gasteiger partial charge is 0.294 e. The van der Waals surface area contributed by atoms with E-state index in [2.05, 4.69) is 0 Å². The fourth-order valence-electron chi connectivity index (χ4n) is 2.37. The van der Waals surface area contributed by atoms with Gasteiger partial charge < -0.3 is 0 Å². The normalized spacial score (nSPS) is 11.9. The molecule has 2 aromatic carbocycles. The lowest BCUT2D eigenvalue weighted by Gasteiger charge is -2.13. The minimum absolute atomic E-state index is 0.0422. The van der Waals surface area contributed by atoms with Crippen LogP contribution < -0.4 is 0 Å². The van der Waals surface area contributed by atoms with Crippen molar-refractivity contribution in [1.29, 1.82) is 0 Å². The van der Waals surface area contributed by atoms with Crippen LogP contribution in [0, 0.1) is 0 Å². The smallest absolute Gasteiger partial charge is 0.282 e. The lowest BCUT2D eigenvalue weighted by Crippen LogP contribution is -2.05. The van der Waals surface area contributed by atoms with Gasteiger partial charge in [-0.15, -0.1) is 0 Å². The standard InChI is InChI=1S/C14H16O3S/c1-3-10-9-14(18(15,16)17)11(4-2)13-8-6-5-7-12(10)13/h5-9H,3-4H2,1-2H3,(H,15,16,17). The maximum atomic E-state index is 11.5. The van der Waals surface area contributed by atoms with Gasteiger partial charge in [0.2, 0.25) is 0 Å². The van der Waals surface area contributed by atoms with Gasteiger partial charge in [0.25, 0.3) is 10.1 Å². The third kappa shape index (κ3) is 2.13. The lowest BCUT2D eigenvalue weighted by atomic mass is 9.97. The highest BCUT2D eigenvalue weighted by Gasteiger charge is 2.18. The summed E-state index contributed by atoms with van der Waals surface area (Å²) in [6, 6.07) is 9.31. The summed E-state index contributed by atoms with van der Waals surface area (Å²) in [6.07, 6.45) is 1.30. The quantitative estimate of drug-likeness (QED) is 0.866. The fourth-order valence-corrected chi connectivity index (χ4v) is 3.23. The van der Waals surface area contributed by atoms with E-state index in [0.29, 0.717) is 12.0 Å². The summed E-state index contributed by atoms with van der Waals surface area (Å²) in [4.78, 5) is 0.0422. The van der Waals surface area contributed by atoms with Crippen LogP contribution in [0.25, 0.3) is 10.8 Å². The molecule has 96 valence electrons. The van der Waals surface area contributed by atoms with E-state index in [4.69, 9.17) is 0 Å². The number of benzene rings is 2. The van der Waals surface area contributed by atoms with Crippen molar-refractivity contribution < 1.29 is 13.0 Å². The summed E-state index contributed by atoms with van der Waals surface area (Å²) in [5.74, 6) is 0. The Morgan fingerprint density at radius 3 is 2.17 bits per heavy atom. The van der Waals surface area contributed by atoms with Crippen molar-refractivity contribution >= 4 is 20.9 Å². The summed E-state index contributed by atoms with van der Waals surface area (Å²) in [5, 5.41) is 1.97. The van der Waals surface area contributed by atoms with E-state index in [0.717, 1.165) is 22.8 Å². The second kappa shape index (κ2) is 4.71. The Morgan fingerprint density at radius 1 is 1.06 bits per heavy atom. The number of hydrogen-bond acceptors (Lipinski definition) is 2. The summed E-state index contributed by atoms with van der Waals surface area (Å²) >= 11 is 0. The minimum Gasteiger partial charge on any atom is -0.282 e. The first-order valence-corrected chi connectivity index (χ1v) is 7.44. The molecule has 0 saturated heterocycles. The van der Waals surface area contributed by atoms with Crippen LogP contribution in [0.2, 0.25) is 0 Å². The SMILES string of the molecule is CCc1cc(S(=O)(=O)O)c(CC)c2ccccc12. The first-order chi connectivity index (χ1) is 8.49. The molecule has 3 nitrogen and oxygen atoms in total. The van der Waals surface area contributed by atoms with Crippen molar-refractivity contribution in [2.75, 3.05) is 0 Å². The molecule has 0 aromatic heterocycles. The number of aryl methyl sites for hydroxylation is 2. The number of rotatable bonds is 3. The van der Waals surface area contributed by atoms with Crippen molar-refractivity contribution in [3.63, 3.8) is 0 Å². The highest BCUT2D eigenvalue weighted by atomic mass is 32.2. The monoisotopic (exact) mass is 264 g/mol. The van der Waals surface area contributed by atoms with E-state index in [1.807, 2.05) is 38.1 Å². The van der Waals surface area contributed by atoms with E-state index in [-0.39, 0.29) is 4.90 Å². The molecular formula is C14H16O3S. The Morgan fingerprint density at radius 2 is 1.67 bits per heavy atom. The Kier molecular flexibility index (Phi) is 3.41. The van der Waals surface area contributed by atoms with Gasteiger partial charge >= 0.3 is 0 Å². The second-order valence-electron chi connectivity index (χ2n) is 4.24. The highest BCUT2D eigenvalue weighted by Crippen LogP contribution is 2.29. The van der Waals surface area contributed by atoms with Crippen molar-refractivity contribution in [3.05, 3.63) is 41.5 Å². The predicted molar refractivity (Wildman–Crippen MR) is 72.5 cm³/mol. The molecule has 0 radical (unpaired) electrons. The zero-order valence-corrected chi connectivity index (χ0v) is 11.3. The maximum Gasteiger partial charge on any atom is 0.294 e. The molecule has 0 amide bonds. The third-order valence-electron chi connectivity index (χ3n) is 3.21. The average Bonchev–Trinajstić information content (AvgIpc) is 2.35. The van der Waals surface area contributed by atoms with Crippen LogP contribution in [-0.4, -0.2) is 13.0 Å². The van der Waals surface area contributed by atoms with Crippen LogP contribution in [0.4, 0.5) is 0 Å². The fraction of sp³-hybridized carbons (Fsp3) is 0.286. The zero-order valence-electron chi connectivity index (χ0n) is 10.5. The predicted octanol–water partition coefficient (Wildman–Crippen LogP) is 3.21. The van der Waals surface area contributed by atoms with Crippen molar-refractivity contribution in [2.45, 2.75) is 31.6 Å². The van der Waals surface area contributed by atoms with Crippen LogP contribution in [-0.2, 0) is 23.0 Å². The Balaban J connectivity index is 2.97. The maximum absolute atomic E-state index is 11.5. The molecule has 0 aliphatic carbocycles. The van der Waals surface area contributed by atoms with Gasteiger partial charge in [-0.1, -0.05) is 38.1 Å². The molecule has 0 aliphatic rings. The first kappa shape index (κ1) is 13.1. The van der Waals surface area contributed by atoms with Crippen molar-refractivity contribution in [1.82, 2.24) is 0 Å². The molecule has 18 heavy (non-hydrogen) atoms. The topological polar surface area (TPSA) is 54.4 Å². The van der Waals surface area contributed by atoms with Gasteiger partial charge in [-0.3, -0.25) is 4.55 Å². The molecule has 2 rings (SSSR count). The van der Waals surface area contributed by atoms with Crippen LogP contribution >= 0.6 is 0 Å². The van der Waals surface area contributed by atoms with Gasteiger partial charge in [-0.25, -0.2) is 0 Å². The summed E-state index contributed by atoms with van der Waals surface area (Å²) in [7, 11) is -4.17. The van der Waals surface area contributed by atoms with E-state index in [1.165, 1.54) is 0 Å². The third-order valence-corrected chi connectivity index (χ3v) is 4.13. The second-order valence-corrected chi connectivity index (χ2v) is 5.63. The van der Waals surface area contributed by atoms with Crippen LogP contribution in [0.1, 0.15) is 25.0 Å². The van der Waals surface area contributed by atoms with Gasteiger partial charge in [0.05, 0.1) is 4.90 Å². The van der Waals surface area contributed by atoms with E-state index >= 15 is 0 Å². The number of fused-ring (bicyclic) bond motifs is 1. The Hall–Kier alpha value is -1.39. The van der Waals surface area contributed by atoms with Gasteiger partial charge in [-0.05, 0) is 40.8 Å². The van der Waals surface area contributed by atoms with Gasteiger partial charge in [0, 0.05) is 0 Å². The van der Waals surface area contributed by atoms with Crippen LogP contribution in [0.5, 0.6) is 0 Å². The molecule has 0 unspecified atom stereocenters. The molecule has 0 heterocycles. The molecule has 2 aromatic rings. The average molecular weight is 264 g/mol. The first-order valence-electron chi connectivity index (χ1n) is 6.00. The van der Waals surface area contributed by atoms with E-state index < -0.39 is 10.1 Å². The van der Waals surface area contributed by atoms with Crippen molar-refractivity contribution in [3.8, 4) is 0 Å². The zero-order chi connectivity index (χ0) is 13.3. The van der Waals surface area contributed by atoms with E-state index in [9.17, 15) is 13.0 Å². The Bertz CT molecular complexity index is 687. The molecule has 0 aliphatic heterocycles. The molecule has 0 fully saturated rings.